The van der Waals surface area contributed by atoms with Gasteiger partial charge in [-0.2, -0.15) is 4.98 Å². The lowest BCUT2D eigenvalue weighted by molar-refractivity contribution is 0.632. The van der Waals surface area contributed by atoms with Gasteiger partial charge in [-0.1, -0.05) is 13.8 Å². The summed E-state index contributed by atoms with van der Waals surface area (Å²) < 4.78 is 0. The molecule has 0 bridgehead atoms. The van der Waals surface area contributed by atoms with Crippen molar-refractivity contribution in [1.82, 2.24) is 9.97 Å². The molecule has 3 N–H and O–H groups in total. The zero-order chi connectivity index (χ0) is 9.14. The normalized spacial score (nSPS) is 10.6. The van der Waals surface area contributed by atoms with Gasteiger partial charge in [0.2, 0.25) is 0 Å². The van der Waals surface area contributed by atoms with Crippen LogP contribution < -0.4 is 11.4 Å². The van der Waals surface area contributed by atoms with E-state index in [0.717, 1.165) is 12.1 Å². The van der Waals surface area contributed by atoms with Gasteiger partial charge in [0, 0.05) is 5.69 Å². The second-order valence-corrected chi connectivity index (χ2v) is 3.23. The van der Waals surface area contributed by atoms with Crippen molar-refractivity contribution in [2.75, 3.05) is 5.73 Å². The van der Waals surface area contributed by atoms with E-state index in [1.54, 1.807) is 6.07 Å². The quantitative estimate of drug-likeness (QED) is 0.675. The Kier molecular flexibility index (Phi) is 2.47. The minimum Gasteiger partial charge on any atom is -0.383 e. The minimum absolute atomic E-state index is 0.286. The number of hydrogen-bond donors (Lipinski definition) is 2. The second-order valence-electron chi connectivity index (χ2n) is 3.23. The first-order valence-electron chi connectivity index (χ1n) is 3.93. The van der Waals surface area contributed by atoms with Gasteiger partial charge in [0.05, 0.1) is 0 Å². The molecule has 1 aromatic heterocycles. The predicted molar refractivity (Wildman–Crippen MR) is 47.8 cm³/mol. The number of anilines is 1. The third-order valence-corrected chi connectivity index (χ3v) is 1.45. The molecular weight excluding hydrogens is 154 g/mol. The van der Waals surface area contributed by atoms with Crippen LogP contribution in [0.1, 0.15) is 19.5 Å². The van der Waals surface area contributed by atoms with Gasteiger partial charge in [0.1, 0.15) is 5.82 Å². The van der Waals surface area contributed by atoms with Gasteiger partial charge in [-0.05, 0) is 18.4 Å². The molecule has 4 heteroatoms. The average Bonchev–Trinajstić information content (AvgIpc) is 1.81. The Morgan fingerprint density at radius 2 is 2.33 bits per heavy atom. The number of aromatic amines is 1. The third kappa shape index (κ3) is 2.38. The Morgan fingerprint density at radius 1 is 1.67 bits per heavy atom. The summed E-state index contributed by atoms with van der Waals surface area (Å²) in [4.78, 5) is 17.0. The SMILES string of the molecule is CC(C)Cc1cc(N)nc(=O)[nH]1. The van der Waals surface area contributed by atoms with E-state index in [1.807, 2.05) is 0 Å². The fraction of sp³-hybridized carbons (Fsp3) is 0.500. The van der Waals surface area contributed by atoms with Crippen LogP contribution >= 0.6 is 0 Å². The van der Waals surface area contributed by atoms with Crippen LogP contribution in [0.2, 0.25) is 0 Å². The Hall–Kier alpha value is -1.32. The van der Waals surface area contributed by atoms with Gasteiger partial charge < -0.3 is 10.7 Å². The van der Waals surface area contributed by atoms with E-state index in [-0.39, 0.29) is 11.5 Å². The lowest BCUT2D eigenvalue weighted by Crippen LogP contribution is -2.15. The Labute approximate surface area is 70.8 Å². The molecule has 0 aromatic carbocycles. The molecule has 0 aliphatic heterocycles. The van der Waals surface area contributed by atoms with Gasteiger partial charge in [-0.25, -0.2) is 4.79 Å². The largest absolute Gasteiger partial charge is 0.383 e. The van der Waals surface area contributed by atoms with E-state index in [4.69, 9.17) is 5.73 Å². The number of rotatable bonds is 2. The number of nitrogens with two attached hydrogens (primary N) is 1. The second kappa shape index (κ2) is 3.38. The molecule has 66 valence electrons. The van der Waals surface area contributed by atoms with Crippen molar-refractivity contribution < 1.29 is 0 Å². The van der Waals surface area contributed by atoms with Crippen molar-refractivity contribution in [3.8, 4) is 0 Å². The van der Waals surface area contributed by atoms with Crippen LogP contribution in [0.15, 0.2) is 10.9 Å². The zero-order valence-electron chi connectivity index (χ0n) is 7.29. The van der Waals surface area contributed by atoms with Gasteiger partial charge in [-0.3, -0.25) is 0 Å². The van der Waals surface area contributed by atoms with Crippen molar-refractivity contribution in [3.05, 3.63) is 22.2 Å². The fourth-order valence-electron chi connectivity index (χ4n) is 1.08. The van der Waals surface area contributed by atoms with E-state index in [1.165, 1.54) is 0 Å². The molecule has 0 spiro atoms. The molecule has 0 fully saturated rings. The number of hydrogen-bond acceptors (Lipinski definition) is 3. The standard InChI is InChI=1S/C8H13N3O/c1-5(2)3-6-4-7(9)11-8(12)10-6/h4-5H,3H2,1-2H3,(H3,9,10,11,12). The fourth-order valence-corrected chi connectivity index (χ4v) is 1.08. The first-order valence-corrected chi connectivity index (χ1v) is 3.93. The van der Waals surface area contributed by atoms with Gasteiger partial charge in [-0.15, -0.1) is 0 Å². The summed E-state index contributed by atoms with van der Waals surface area (Å²) in [6.07, 6.45) is 0.821. The van der Waals surface area contributed by atoms with Crippen LogP contribution in [-0.2, 0) is 6.42 Å². The van der Waals surface area contributed by atoms with Crippen LogP contribution in [0.5, 0.6) is 0 Å². The number of aromatic nitrogens is 2. The molecular formula is C8H13N3O. The number of nitrogens with one attached hydrogen (secondary N) is 1. The van der Waals surface area contributed by atoms with Crippen molar-refractivity contribution in [2.24, 2.45) is 5.92 Å². The summed E-state index contributed by atoms with van der Waals surface area (Å²) in [6.45, 7) is 4.16. The van der Waals surface area contributed by atoms with Crippen LogP contribution in [0.4, 0.5) is 5.82 Å². The lowest BCUT2D eigenvalue weighted by Gasteiger charge is -2.03. The van der Waals surface area contributed by atoms with Gasteiger partial charge >= 0.3 is 5.69 Å². The van der Waals surface area contributed by atoms with Crippen LogP contribution in [0.3, 0.4) is 0 Å². The summed E-state index contributed by atoms with van der Waals surface area (Å²) in [5.41, 5.74) is 5.88. The molecule has 1 aromatic rings. The Balaban J connectivity index is 2.93. The average molecular weight is 167 g/mol. The molecule has 0 atom stereocenters. The molecule has 1 heterocycles. The van der Waals surface area contributed by atoms with Gasteiger partial charge in [0.25, 0.3) is 0 Å². The summed E-state index contributed by atoms with van der Waals surface area (Å²) in [5, 5.41) is 0. The minimum atomic E-state index is -0.370. The smallest absolute Gasteiger partial charge is 0.347 e. The molecule has 0 saturated carbocycles. The highest BCUT2D eigenvalue weighted by Gasteiger charge is 2.00. The van der Waals surface area contributed by atoms with Crippen molar-refractivity contribution >= 4 is 5.82 Å². The molecule has 0 unspecified atom stereocenters. The molecule has 0 aliphatic carbocycles. The number of nitrogen functional groups attached to an aromatic ring is 1. The molecule has 1 rings (SSSR count). The van der Waals surface area contributed by atoms with Crippen molar-refractivity contribution in [3.63, 3.8) is 0 Å². The van der Waals surface area contributed by atoms with E-state index in [0.29, 0.717) is 5.92 Å². The van der Waals surface area contributed by atoms with Crippen LogP contribution in [-0.4, -0.2) is 9.97 Å². The zero-order valence-corrected chi connectivity index (χ0v) is 7.29. The highest BCUT2D eigenvalue weighted by Crippen LogP contribution is 2.04. The maximum atomic E-state index is 10.8. The molecule has 0 aliphatic rings. The lowest BCUT2D eigenvalue weighted by atomic mass is 10.1. The third-order valence-electron chi connectivity index (χ3n) is 1.45. The maximum absolute atomic E-state index is 10.8. The van der Waals surface area contributed by atoms with Crippen molar-refractivity contribution in [1.29, 1.82) is 0 Å². The monoisotopic (exact) mass is 167 g/mol. The Bertz CT molecular complexity index is 316. The number of H-pyrrole nitrogens is 1. The molecule has 4 nitrogen and oxygen atoms in total. The number of nitrogens with zero attached hydrogens (tertiary/aromatic N) is 1. The van der Waals surface area contributed by atoms with Gasteiger partial charge in [0.15, 0.2) is 0 Å². The van der Waals surface area contributed by atoms with Crippen LogP contribution in [0.25, 0.3) is 0 Å². The molecule has 0 saturated heterocycles. The predicted octanol–water partition coefficient (Wildman–Crippen LogP) is 0.551. The topological polar surface area (TPSA) is 71.8 Å². The first-order chi connectivity index (χ1) is 5.58. The summed E-state index contributed by atoms with van der Waals surface area (Å²) in [6, 6.07) is 1.70. The maximum Gasteiger partial charge on any atom is 0.347 e. The summed E-state index contributed by atoms with van der Waals surface area (Å²) in [5.74, 6) is 0.789. The van der Waals surface area contributed by atoms with E-state index in [9.17, 15) is 4.79 Å². The summed E-state index contributed by atoms with van der Waals surface area (Å²) in [7, 11) is 0. The highest BCUT2D eigenvalue weighted by atomic mass is 16.1. The van der Waals surface area contributed by atoms with E-state index >= 15 is 0 Å². The molecule has 0 radical (unpaired) electrons. The van der Waals surface area contributed by atoms with E-state index in [2.05, 4.69) is 23.8 Å². The molecule has 12 heavy (non-hydrogen) atoms. The Morgan fingerprint density at radius 3 is 2.83 bits per heavy atom. The summed E-state index contributed by atoms with van der Waals surface area (Å²) >= 11 is 0. The highest BCUT2D eigenvalue weighted by molar-refractivity contribution is 5.27. The van der Waals surface area contributed by atoms with E-state index < -0.39 is 0 Å². The first kappa shape index (κ1) is 8.77. The van der Waals surface area contributed by atoms with Crippen LogP contribution in [0, 0.1) is 5.92 Å². The van der Waals surface area contributed by atoms with Crippen molar-refractivity contribution in [2.45, 2.75) is 20.3 Å². The molecule has 0 amide bonds.